The Hall–Kier alpha value is -2.29. The van der Waals surface area contributed by atoms with Crippen molar-refractivity contribution in [3.05, 3.63) is 35.5 Å². The average molecular weight is 378 g/mol. The van der Waals surface area contributed by atoms with Gasteiger partial charge in [-0.25, -0.2) is 9.18 Å². The van der Waals surface area contributed by atoms with Crippen molar-refractivity contribution in [3.63, 3.8) is 0 Å². The Balaban J connectivity index is 2.08. The molecular formula is C15H15ClF3N3O3. The van der Waals surface area contributed by atoms with Gasteiger partial charge in [-0.05, 0) is 38.4 Å². The first-order valence-electron chi connectivity index (χ1n) is 7.12. The molecule has 0 aliphatic heterocycles. The monoisotopic (exact) mass is 377 g/mol. The van der Waals surface area contributed by atoms with E-state index in [1.807, 2.05) is 0 Å². The minimum Gasteiger partial charge on any atom is -0.444 e. The molecule has 1 heterocycles. The normalized spacial score (nSPS) is 12.1. The number of ether oxygens (including phenoxy) is 1. The third-order valence-electron chi connectivity index (χ3n) is 2.80. The Morgan fingerprint density at radius 1 is 1.36 bits per heavy atom. The number of alkyl halides is 3. The van der Waals surface area contributed by atoms with Crippen LogP contribution in [-0.4, -0.2) is 21.8 Å². The summed E-state index contributed by atoms with van der Waals surface area (Å²) in [6.45, 7) is 4.99. The van der Waals surface area contributed by atoms with Crippen LogP contribution in [0.4, 0.5) is 18.0 Å². The van der Waals surface area contributed by atoms with E-state index < -0.39 is 28.8 Å². The van der Waals surface area contributed by atoms with Crippen LogP contribution in [-0.2, 0) is 16.7 Å². The zero-order valence-electron chi connectivity index (χ0n) is 13.6. The lowest BCUT2D eigenvalue weighted by Gasteiger charge is -2.19. The van der Waals surface area contributed by atoms with E-state index in [-0.39, 0.29) is 23.5 Å². The van der Waals surface area contributed by atoms with Gasteiger partial charge >= 0.3 is 17.4 Å². The number of nitrogens with one attached hydrogen (secondary N) is 1. The molecule has 2 aromatic rings. The van der Waals surface area contributed by atoms with Gasteiger partial charge in [0.2, 0.25) is 5.82 Å². The number of alkyl carbamates (subject to hydrolysis) is 1. The molecule has 6 nitrogen and oxygen atoms in total. The number of carbonyl (C=O) groups is 1. The van der Waals surface area contributed by atoms with Crippen LogP contribution in [0.2, 0.25) is 0 Å². The van der Waals surface area contributed by atoms with E-state index in [4.69, 9.17) is 16.3 Å². The van der Waals surface area contributed by atoms with Crippen LogP contribution in [0.15, 0.2) is 22.7 Å². The molecule has 0 atom stereocenters. The second-order valence-corrected chi connectivity index (χ2v) is 6.56. The fraction of sp³-hybridized carbons (Fsp3) is 0.400. The molecule has 0 aliphatic carbocycles. The van der Waals surface area contributed by atoms with Crippen LogP contribution < -0.4 is 5.32 Å². The molecule has 0 radical (unpaired) electrons. The quantitative estimate of drug-likeness (QED) is 0.808. The van der Waals surface area contributed by atoms with Crippen molar-refractivity contribution in [2.24, 2.45) is 0 Å². The molecule has 25 heavy (non-hydrogen) atoms. The predicted molar refractivity (Wildman–Crippen MR) is 82.5 cm³/mol. The van der Waals surface area contributed by atoms with Gasteiger partial charge in [0, 0.05) is 17.7 Å². The number of halogens is 4. The van der Waals surface area contributed by atoms with Crippen molar-refractivity contribution in [1.29, 1.82) is 0 Å². The molecule has 1 N–H and O–H groups in total. The van der Waals surface area contributed by atoms with Crippen molar-refractivity contribution in [2.75, 3.05) is 0 Å². The highest BCUT2D eigenvalue weighted by Gasteiger charge is 2.35. The molecule has 0 spiro atoms. The third kappa shape index (κ3) is 5.35. The van der Waals surface area contributed by atoms with Crippen LogP contribution >= 0.6 is 11.6 Å². The highest BCUT2D eigenvalue weighted by molar-refractivity contribution is 6.21. The first kappa shape index (κ1) is 19.0. The van der Waals surface area contributed by atoms with E-state index in [9.17, 15) is 18.0 Å². The van der Waals surface area contributed by atoms with Crippen molar-refractivity contribution in [1.82, 2.24) is 15.5 Å². The molecule has 2 rings (SSSR count). The molecule has 1 amide bonds. The molecular weight excluding hydrogens is 363 g/mol. The van der Waals surface area contributed by atoms with Crippen molar-refractivity contribution < 1.29 is 27.2 Å². The van der Waals surface area contributed by atoms with E-state index in [1.165, 1.54) is 12.1 Å². The summed E-state index contributed by atoms with van der Waals surface area (Å²) < 4.78 is 49.2. The molecule has 10 heteroatoms. The van der Waals surface area contributed by atoms with Crippen LogP contribution in [0.3, 0.4) is 0 Å². The zero-order chi connectivity index (χ0) is 18.8. The molecule has 0 saturated heterocycles. The van der Waals surface area contributed by atoms with Gasteiger partial charge in [0.15, 0.2) is 0 Å². The summed E-state index contributed by atoms with van der Waals surface area (Å²) in [5.74, 6) is -2.00. The number of aromatic nitrogens is 2. The predicted octanol–water partition coefficient (Wildman–Crippen LogP) is 4.19. The molecule has 0 aliphatic rings. The topological polar surface area (TPSA) is 77.2 Å². The van der Waals surface area contributed by atoms with Crippen LogP contribution in [0.25, 0.3) is 11.4 Å². The standard InChI is InChI=1S/C15H15ClF3N3O3/c1-14(2,3)24-13(23)20-7-9-5-4-8(6-10(9)17)11-21-12(25-22-11)15(16,18)19/h4-6H,7H2,1-3H3,(H,20,23). The average Bonchev–Trinajstić information content (AvgIpc) is 2.93. The molecule has 0 fully saturated rings. The molecule has 1 aromatic carbocycles. The first-order valence-corrected chi connectivity index (χ1v) is 7.50. The van der Waals surface area contributed by atoms with Crippen LogP contribution in [0, 0.1) is 5.82 Å². The van der Waals surface area contributed by atoms with Gasteiger partial charge < -0.3 is 14.6 Å². The largest absolute Gasteiger partial charge is 0.444 e. The SMILES string of the molecule is CC(C)(C)OC(=O)NCc1ccc(-c2noc(C(F)(F)Cl)n2)cc1F. The maximum absolute atomic E-state index is 14.1. The molecule has 0 saturated carbocycles. The van der Waals surface area contributed by atoms with Gasteiger partial charge in [0.25, 0.3) is 0 Å². The highest BCUT2D eigenvalue weighted by Crippen LogP contribution is 2.32. The molecule has 1 aromatic heterocycles. The van der Waals surface area contributed by atoms with E-state index in [2.05, 4.69) is 20.0 Å². The minimum atomic E-state index is -3.80. The Labute approximate surface area is 146 Å². The lowest BCUT2D eigenvalue weighted by molar-refractivity contribution is 0.0522. The highest BCUT2D eigenvalue weighted by atomic mass is 35.5. The number of rotatable bonds is 4. The van der Waals surface area contributed by atoms with Gasteiger partial charge in [-0.15, -0.1) is 0 Å². The smallest absolute Gasteiger partial charge is 0.407 e. The van der Waals surface area contributed by atoms with Gasteiger partial charge in [-0.3, -0.25) is 0 Å². The van der Waals surface area contributed by atoms with Gasteiger partial charge in [-0.2, -0.15) is 13.8 Å². The van der Waals surface area contributed by atoms with Crippen molar-refractivity contribution in [3.8, 4) is 11.4 Å². The summed E-state index contributed by atoms with van der Waals surface area (Å²) >= 11 is 4.78. The maximum Gasteiger partial charge on any atom is 0.407 e. The Kier molecular flexibility index (Phi) is 5.26. The maximum atomic E-state index is 14.1. The number of amides is 1. The first-order chi connectivity index (χ1) is 11.5. The van der Waals surface area contributed by atoms with Crippen LogP contribution in [0.1, 0.15) is 32.2 Å². The third-order valence-corrected chi connectivity index (χ3v) is 2.96. The minimum absolute atomic E-state index is 0.113. The van der Waals surface area contributed by atoms with Gasteiger partial charge in [-0.1, -0.05) is 17.3 Å². The second-order valence-electron chi connectivity index (χ2n) is 6.08. The number of nitrogens with zero attached hydrogens (tertiary/aromatic N) is 2. The zero-order valence-corrected chi connectivity index (χ0v) is 14.3. The molecule has 0 unspecified atom stereocenters. The second kappa shape index (κ2) is 6.91. The van der Waals surface area contributed by atoms with E-state index in [0.29, 0.717) is 0 Å². The Morgan fingerprint density at radius 3 is 2.56 bits per heavy atom. The summed E-state index contributed by atoms with van der Waals surface area (Å²) in [5.41, 5.74) is -0.386. The van der Waals surface area contributed by atoms with E-state index in [0.717, 1.165) is 6.07 Å². The lowest BCUT2D eigenvalue weighted by atomic mass is 10.1. The summed E-state index contributed by atoms with van der Waals surface area (Å²) in [6.07, 6.45) is -0.692. The number of carbonyl (C=O) groups excluding carboxylic acids is 1. The van der Waals surface area contributed by atoms with Crippen molar-refractivity contribution in [2.45, 2.75) is 38.3 Å². The summed E-state index contributed by atoms with van der Waals surface area (Å²) in [6, 6.07) is 3.79. The van der Waals surface area contributed by atoms with E-state index in [1.54, 1.807) is 20.8 Å². The van der Waals surface area contributed by atoms with Gasteiger partial charge in [0.1, 0.15) is 11.4 Å². The number of hydrogen-bond acceptors (Lipinski definition) is 5. The Bertz CT molecular complexity index is 769. The summed E-state index contributed by atoms with van der Waals surface area (Å²) in [4.78, 5) is 15.0. The molecule has 0 bridgehead atoms. The van der Waals surface area contributed by atoms with Crippen molar-refractivity contribution >= 4 is 17.7 Å². The summed E-state index contributed by atoms with van der Waals surface area (Å²) in [5, 5.41) is 1.94. The number of hydrogen-bond donors (Lipinski definition) is 1. The summed E-state index contributed by atoms with van der Waals surface area (Å²) in [7, 11) is 0. The van der Waals surface area contributed by atoms with Gasteiger partial charge in [0.05, 0.1) is 0 Å². The fourth-order valence-corrected chi connectivity index (χ4v) is 1.84. The fourth-order valence-electron chi connectivity index (χ4n) is 1.77. The van der Waals surface area contributed by atoms with Crippen LogP contribution in [0.5, 0.6) is 0 Å². The lowest BCUT2D eigenvalue weighted by Crippen LogP contribution is -2.32. The number of benzene rings is 1. The Morgan fingerprint density at radius 2 is 2.04 bits per heavy atom. The van der Waals surface area contributed by atoms with E-state index >= 15 is 0 Å². The molecule has 136 valence electrons.